The molecule has 4 heterocycles. The van der Waals surface area contributed by atoms with E-state index in [9.17, 15) is 0 Å². The van der Waals surface area contributed by atoms with Crippen LogP contribution in [0.15, 0.2) is 261 Å². The Morgan fingerprint density at radius 3 is 1.13 bits per heavy atom. The van der Waals surface area contributed by atoms with Gasteiger partial charge in [-0.05, 0) is 146 Å². The highest BCUT2D eigenvalue weighted by atomic mass is 15.2. The van der Waals surface area contributed by atoms with Crippen molar-refractivity contribution in [2.75, 3.05) is 14.7 Å². The molecular formula is C79H66BN3. The summed E-state index contributed by atoms with van der Waals surface area (Å²) in [6, 6.07) is 100. The lowest BCUT2D eigenvalue weighted by atomic mass is 9.33. The normalized spacial score (nSPS) is 18.2. The Balaban J connectivity index is 1.06. The molecule has 11 aromatic carbocycles. The van der Waals surface area contributed by atoms with Gasteiger partial charge >= 0.3 is 0 Å². The Morgan fingerprint density at radius 2 is 0.699 bits per heavy atom. The smallest absolute Gasteiger partial charge is 0.252 e. The summed E-state index contributed by atoms with van der Waals surface area (Å²) in [6.45, 7) is 6.85. The Hall–Kier alpha value is -9.12. The highest BCUT2D eigenvalue weighted by Gasteiger charge is 2.49. The predicted octanol–water partition coefficient (Wildman–Crippen LogP) is 18.8. The Bertz CT molecular complexity index is 4100. The van der Waals surface area contributed by atoms with Crippen LogP contribution in [0.3, 0.4) is 0 Å². The number of benzene rings is 11. The first-order valence-corrected chi connectivity index (χ1v) is 30.3. The highest BCUT2D eigenvalue weighted by Crippen LogP contribution is 2.56. The number of hydrogen-bond acceptors (Lipinski definition) is 3. The van der Waals surface area contributed by atoms with Crippen LogP contribution in [-0.2, 0) is 5.41 Å². The standard InChI is InChI=1S/C79H66BN3/c1-79(2,3)62-38-35-55(36-39-62)61-49-74-76-75(50-61)83(78-68(58-27-15-7-16-28-58)33-20-34-69(78)59-29-17-8-18-30-59)73-51-63(81-64-44-52-43-53(46-64)47-65(81)45-52)40-42-71(73)80(76)70-41-37-60(54-21-9-4-10-22-54)48-72(70)82(74)77-66(56-23-11-5-12-24-56)31-19-32-67(77)57-25-13-6-14-26-57/h4-42,48-53,64-65H,43-47H2,1-3H3. The number of hydrogen-bond donors (Lipinski definition) is 0. The van der Waals surface area contributed by atoms with Gasteiger partial charge in [-0.2, -0.15) is 0 Å². The number of para-hydroxylation sites is 2. The molecule has 400 valence electrons. The Morgan fingerprint density at radius 1 is 0.325 bits per heavy atom. The third-order valence-corrected chi connectivity index (χ3v) is 19.3. The molecular weight excluding hydrogens is 1000 g/mol. The van der Waals surface area contributed by atoms with E-state index in [0.29, 0.717) is 12.1 Å². The van der Waals surface area contributed by atoms with Crippen molar-refractivity contribution < 1.29 is 0 Å². The molecule has 4 bridgehead atoms. The molecule has 4 heteroatoms. The molecule has 3 nitrogen and oxygen atoms in total. The lowest BCUT2D eigenvalue weighted by Gasteiger charge is -2.57. The lowest BCUT2D eigenvalue weighted by Crippen LogP contribution is -2.62. The van der Waals surface area contributed by atoms with Crippen molar-refractivity contribution in [2.24, 2.45) is 11.8 Å². The molecule has 2 aliphatic carbocycles. The van der Waals surface area contributed by atoms with Crippen LogP contribution < -0.4 is 31.1 Å². The molecule has 11 aromatic rings. The van der Waals surface area contributed by atoms with Crippen molar-refractivity contribution in [1.82, 2.24) is 0 Å². The van der Waals surface area contributed by atoms with E-state index in [0.717, 1.165) is 17.5 Å². The van der Waals surface area contributed by atoms with E-state index in [1.807, 2.05) is 0 Å². The van der Waals surface area contributed by atoms with Crippen LogP contribution in [0.4, 0.5) is 39.8 Å². The fourth-order valence-corrected chi connectivity index (χ4v) is 15.7. The van der Waals surface area contributed by atoms with Crippen LogP contribution in [0.2, 0.25) is 0 Å². The van der Waals surface area contributed by atoms with Gasteiger partial charge in [-0.15, -0.1) is 0 Å². The molecule has 2 saturated carbocycles. The molecule has 0 spiro atoms. The zero-order valence-corrected chi connectivity index (χ0v) is 47.6. The lowest BCUT2D eigenvalue weighted by molar-refractivity contribution is 0.0900. The van der Waals surface area contributed by atoms with Gasteiger partial charge in [0, 0.05) is 62.8 Å². The maximum Gasteiger partial charge on any atom is 0.252 e. The molecule has 0 radical (unpaired) electrons. The average Bonchev–Trinajstić information content (AvgIpc) is 0.972. The maximum absolute atomic E-state index is 2.90. The van der Waals surface area contributed by atoms with Gasteiger partial charge in [-0.1, -0.05) is 251 Å². The maximum atomic E-state index is 2.90. The third-order valence-electron chi connectivity index (χ3n) is 19.3. The average molecular weight is 1070 g/mol. The fraction of sp³-hybridized carbons (Fsp3) is 0.165. The molecule has 4 fully saturated rings. The van der Waals surface area contributed by atoms with Crippen LogP contribution in [-0.4, -0.2) is 18.8 Å². The molecule has 0 amide bonds. The summed E-state index contributed by atoms with van der Waals surface area (Å²) < 4.78 is 0. The Labute approximate surface area is 490 Å². The van der Waals surface area contributed by atoms with Gasteiger partial charge in [0.15, 0.2) is 0 Å². The number of nitrogens with zero attached hydrogens (tertiary/aromatic N) is 3. The van der Waals surface area contributed by atoms with Gasteiger partial charge in [0.2, 0.25) is 0 Å². The minimum Gasteiger partial charge on any atom is -0.365 e. The summed E-state index contributed by atoms with van der Waals surface area (Å²) in [4.78, 5) is 8.33. The van der Waals surface area contributed by atoms with E-state index in [1.165, 1.54) is 155 Å². The van der Waals surface area contributed by atoms with E-state index in [1.54, 1.807) is 0 Å². The van der Waals surface area contributed by atoms with Crippen molar-refractivity contribution in [3.8, 4) is 66.8 Å². The highest BCUT2D eigenvalue weighted by molar-refractivity contribution is 7.00. The van der Waals surface area contributed by atoms with Gasteiger partial charge in [0.25, 0.3) is 6.71 Å². The topological polar surface area (TPSA) is 9.72 Å². The molecule has 83 heavy (non-hydrogen) atoms. The largest absolute Gasteiger partial charge is 0.365 e. The molecule has 0 atom stereocenters. The van der Waals surface area contributed by atoms with Gasteiger partial charge in [-0.25, -0.2) is 0 Å². The third kappa shape index (κ3) is 8.39. The second-order valence-corrected chi connectivity index (χ2v) is 25.2. The van der Waals surface area contributed by atoms with Crippen molar-refractivity contribution in [3.05, 3.63) is 266 Å². The summed E-state index contributed by atoms with van der Waals surface area (Å²) in [6.07, 6.45) is 6.63. The summed E-state index contributed by atoms with van der Waals surface area (Å²) in [5, 5.41) is 0. The van der Waals surface area contributed by atoms with Gasteiger partial charge in [-0.3, -0.25) is 0 Å². The monoisotopic (exact) mass is 1070 g/mol. The summed E-state index contributed by atoms with van der Waals surface area (Å²) in [7, 11) is 0. The second kappa shape index (κ2) is 19.8. The number of rotatable bonds is 9. The van der Waals surface area contributed by atoms with Crippen LogP contribution in [0.1, 0.15) is 58.4 Å². The number of piperidine rings is 2. The van der Waals surface area contributed by atoms with Crippen LogP contribution in [0.5, 0.6) is 0 Å². The number of fused-ring (bicyclic) bond motifs is 4. The first-order chi connectivity index (χ1) is 40.8. The summed E-state index contributed by atoms with van der Waals surface area (Å²) in [5.41, 5.74) is 28.0. The zero-order chi connectivity index (χ0) is 55.3. The van der Waals surface area contributed by atoms with Crippen LogP contribution in [0.25, 0.3) is 66.8 Å². The zero-order valence-electron chi connectivity index (χ0n) is 47.6. The van der Waals surface area contributed by atoms with Gasteiger partial charge in [0.1, 0.15) is 0 Å². The fourth-order valence-electron chi connectivity index (χ4n) is 15.7. The summed E-state index contributed by atoms with van der Waals surface area (Å²) in [5.74, 6) is 1.71. The van der Waals surface area contributed by atoms with E-state index in [4.69, 9.17) is 0 Å². The van der Waals surface area contributed by atoms with Crippen molar-refractivity contribution >= 4 is 62.9 Å². The van der Waals surface area contributed by atoms with E-state index < -0.39 is 0 Å². The molecule has 4 aliphatic heterocycles. The van der Waals surface area contributed by atoms with E-state index in [2.05, 4.69) is 296 Å². The first kappa shape index (κ1) is 49.7. The van der Waals surface area contributed by atoms with Crippen molar-refractivity contribution in [3.63, 3.8) is 0 Å². The predicted molar refractivity (Wildman–Crippen MR) is 352 cm³/mol. The van der Waals surface area contributed by atoms with Crippen LogP contribution in [0, 0.1) is 11.8 Å². The van der Waals surface area contributed by atoms with Crippen molar-refractivity contribution in [2.45, 2.75) is 70.4 Å². The summed E-state index contributed by atoms with van der Waals surface area (Å²) >= 11 is 0. The Kier molecular flexibility index (Phi) is 11.9. The van der Waals surface area contributed by atoms with Gasteiger partial charge in [0.05, 0.1) is 11.4 Å². The minimum absolute atomic E-state index is 0.0000477. The van der Waals surface area contributed by atoms with E-state index in [-0.39, 0.29) is 12.1 Å². The van der Waals surface area contributed by atoms with E-state index >= 15 is 0 Å². The molecule has 0 N–H and O–H groups in total. The van der Waals surface area contributed by atoms with Gasteiger partial charge < -0.3 is 14.7 Å². The quantitative estimate of drug-likeness (QED) is 0.133. The molecule has 0 unspecified atom stereocenters. The second-order valence-electron chi connectivity index (χ2n) is 25.2. The molecule has 6 aliphatic rings. The number of anilines is 7. The van der Waals surface area contributed by atoms with Crippen molar-refractivity contribution in [1.29, 1.82) is 0 Å². The minimum atomic E-state index is -0.102. The SMILES string of the molecule is CC(C)(C)c1ccc(-c2cc3c4c(c2)N(c2c(-c5ccccc5)cccc2-c2ccccc2)c2cc(N5C6CC7CC(C6)CC5C7)ccc2B4c2ccc(-c4ccccc4)cc2N3c2c(-c3ccccc3)cccc2-c2ccccc2)cc1. The molecule has 0 aromatic heterocycles. The molecule has 17 rings (SSSR count). The van der Waals surface area contributed by atoms with Crippen LogP contribution >= 0.6 is 0 Å². The first-order valence-electron chi connectivity index (χ1n) is 30.3. The molecule has 2 saturated heterocycles.